The molecule has 2 aliphatic carbocycles. The van der Waals surface area contributed by atoms with Gasteiger partial charge in [-0.1, -0.05) is 31.0 Å². The number of rotatable bonds is 12. The van der Waals surface area contributed by atoms with Crippen LogP contribution in [0.15, 0.2) is 60.7 Å². The summed E-state index contributed by atoms with van der Waals surface area (Å²) < 4.78 is 73.2. The number of hydrogen-bond acceptors (Lipinski definition) is 16. The first kappa shape index (κ1) is 73.7. The van der Waals surface area contributed by atoms with Crippen molar-refractivity contribution in [2.45, 2.75) is 168 Å². The zero-order valence-electron chi connectivity index (χ0n) is 59.9. The van der Waals surface area contributed by atoms with Crippen LogP contribution in [0.1, 0.15) is 126 Å². The fourth-order valence-corrected chi connectivity index (χ4v) is 14.9. The average Bonchev–Trinajstić information content (AvgIpc) is 1.56. The number of halogens is 4. The number of carbonyl (C=O) groups excluding carboxylic acids is 4. The van der Waals surface area contributed by atoms with Gasteiger partial charge in [-0.15, -0.1) is 0 Å². The maximum absolute atomic E-state index is 13.1. The molecule has 2 aromatic carbocycles. The van der Waals surface area contributed by atoms with Crippen LogP contribution in [0.4, 0.5) is 67.0 Å². The molecule has 9 fully saturated rings. The zero-order valence-corrected chi connectivity index (χ0v) is 62.0. The summed E-state index contributed by atoms with van der Waals surface area (Å²) in [5.41, 5.74) is 3.97. The summed E-state index contributed by atoms with van der Waals surface area (Å²) in [6, 6.07) is 19.7. The number of fused-ring (bicyclic) bond motifs is 2. The van der Waals surface area contributed by atoms with Crippen LogP contribution in [0.3, 0.4) is 0 Å². The summed E-state index contributed by atoms with van der Waals surface area (Å²) in [5.74, 6) is 4.69. The van der Waals surface area contributed by atoms with E-state index in [1.807, 2.05) is 93.2 Å². The van der Waals surface area contributed by atoms with Crippen molar-refractivity contribution in [3.05, 3.63) is 75.4 Å². The molecule has 9 aliphatic rings. The first-order valence-corrected chi connectivity index (χ1v) is 36.2. The number of alkyl carbamates (subject to hydrolysis) is 2. The smallest absolute Gasteiger partial charge is 0.444 e. The Hall–Kier alpha value is -6.56. The Morgan fingerprint density at radius 3 is 1.49 bits per heavy atom. The molecule has 7 aliphatic heterocycles. The minimum Gasteiger partial charge on any atom is -0.444 e. The molecular weight excluding hydrogens is 1390 g/mol. The summed E-state index contributed by atoms with van der Waals surface area (Å²) in [6.07, 6.45) is -1.24. The van der Waals surface area contributed by atoms with E-state index in [2.05, 4.69) is 114 Å². The number of ether oxygens (including phenoxy) is 4. The summed E-state index contributed by atoms with van der Waals surface area (Å²) in [4.78, 5) is 73.0. The molecule has 0 radical (unpaired) electrons. The third kappa shape index (κ3) is 18.4. The van der Waals surface area contributed by atoms with Gasteiger partial charge in [0.2, 0.25) is 0 Å². The van der Waals surface area contributed by atoms with Crippen LogP contribution in [0, 0.1) is 41.1 Å². The van der Waals surface area contributed by atoms with Crippen LogP contribution in [-0.4, -0.2) is 196 Å². The minimum absolute atomic E-state index is 0.0331. The fourth-order valence-electron chi connectivity index (χ4n) is 14.3. The highest BCUT2D eigenvalue weighted by atomic mass is 127. The molecule has 0 bridgehead atoms. The van der Waals surface area contributed by atoms with Gasteiger partial charge >= 0.3 is 37.5 Å². The van der Waals surface area contributed by atoms with E-state index < -0.39 is 54.1 Å². The highest BCUT2D eigenvalue weighted by Crippen LogP contribution is 2.52. The van der Waals surface area contributed by atoms with Gasteiger partial charge in [-0.2, -0.15) is 13.2 Å². The Labute approximate surface area is 595 Å². The highest BCUT2D eigenvalue weighted by Gasteiger charge is 2.63. The number of anilines is 6. The fraction of sp³-hybridized carbons (Fsp3) is 0.639. The van der Waals surface area contributed by atoms with Gasteiger partial charge in [0.25, 0.3) is 0 Å². The van der Waals surface area contributed by atoms with Gasteiger partial charge in [0.1, 0.15) is 34.5 Å². The first-order valence-electron chi connectivity index (χ1n) is 35.2. The van der Waals surface area contributed by atoms with Gasteiger partial charge < -0.3 is 78.9 Å². The quantitative estimate of drug-likeness (QED) is 0.0766. The van der Waals surface area contributed by atoms with Crippen molar-refractivity contribution < 1.29 is 60.6 Å². The van der Waals surface area contributed by atoms with Gasteiger partial charge in [-0.25, -0.2) is 29.1 Å². The van der Waals surface area contributed by atoms with Crippen LogP contribution < -0.4 is 46.3 Å². The van der Waals surface area contributed by atoms with Gasteiger partial charge in [0, 0.05) is 112 Å². The summed E-state index contributed by atoms with van der Waals surface area (Å²) >= 11 is 2.35. The van der Waals surface area contributed by atoms with E-state index in [4.69, 9.17) is 38.2 Å². The van der Waals surface area contributed by atoms with Crippen LogP contribution in [0.5, 0.6) is 0 Å². The van der Waals surface area contributed by atoms with Crippen molar-refractivity contribution in [3.8, 4) is 11.1 Å². The van der Waals surface area contributed by atoms with E-state index in [9.17, 15) is 32.3 Å². The summed E-state index contributed by atoms with van der Waals surface area (Å²) in [5, 5.41) is 12.2. The maximum atomic E-state index is 13.1. The number of nitrogens with one attached hydrogen (secondary N) is 4. The second-order valence-electron chi connectivity index (χ2n) is 31.4. The number of aryl methyl sites for hydroxylation is 2. The molecule has 0 spiro atoms. The molecule has 4 aromatic rings. The number of carbonyl (C=O) groups is 4. The van der Waals surface area contributed by atoms with E-state index in [1.165, 1.54) is 8.47 Å². The van der Waals surface area contributed by atoms with E-state index in [1.54, 1.807) is 12.1 Å². The van der Waals surface area contributed by atoms with Gasteiger partial charge in [0.15, 0.2) is 0 Å². The van der Waals surface area contributed by atoms with Crippen molar-refractivity contribution in [1.29, 1.82) is 0 Å². The number of hydrogen-bond donors (Lipinski definition) is 4. The Kier molecular flexibility index (Phi) is 21.6. The monoisotopic (exact) mass is 1490 g/mol. The van der Waals surface area contributed by atoms with Crippen molar-refractivity contribution in [2.75, 3.05) is 135 Å². The molecule has 2 saturated carbocycles. The SMILES string of the molecule is CC(C)(C)OC(=O)NC12CC1CN(c1cc(I)cc(N3CCOCC3)n1)C2.CC[C@@H]1CCN(C(=O)Nc2ccc(C)c(-c3cc(N4CCOCC4)nc(N4CC5CC5(NC(=O)OC(C)(C)C)C4)c3)c2)C1.Cc1ccc(NC(=O)N2CC[C@@H](CC(F)(F)F)C2)cc1B1OC(C)(C)C(C)(C)O1. The second kappa shape index (κ2) is 29.1. The molecule has 22 nitrogen and oxygen atoms in total. The Balaban J connectivity index is 0.000000156. The molecule has 6 atom stereocenters. The van der Waals surface area contributed by atoms with Gasteiger partial charge in [-0.3, -0.25) is 0 Å². The molecule has 99 heavy (non-hydrogen) atoms. The zero-order chi connectivity index (χ0) is 71.2. The predicted molar refractivity (Wildman–Crippen MR) is 388 cm³/mol. The van der Waals surface area contributed by atoms with Crippen LogP contribution >= 0.6 is 22.6 Å². The number of alkyl halides is 3. The van der Waals surface area contributed by atoms with E-state index in [0.29, 0.717) is 56.2 Å². The molecule has 2 aromatic heterocycles. The molecular formula is C72H101BF3IN12O10. The lowest BCUT2D eigenvalue weighted by Gasteiger charge is -2.32. The van der Waals surface area contributed by atoms with Crippen molar-refractivity contribution >= 4 is 94.1 Å². The maximum Gasteiger partial charge on any atom is 0.495 e. The average molecular weight is 1490 g/mol. The van der Waals surface area contributed by atoms with Crippen LogP contribution in [-0.2, 0) is 28.3 Å². The predicted octanol–water partition coefficient (Wildman–Crippen LogP) is 12.0. The first-order chi connectivity index (χ1) is 46.5. The molecule has 27 heteroatoms. The van der Waals surface area contributed by atoms with Gasteiger partial charge in [0.05, 0.1) is 48.7 Å². The topological polar surface area (TPSA) is 217 Å². The number of likely N-dealkylation sites (tertiary alicyclic amines) is 2. The third-order valence-corrected chi connectivity index (χ3v) is 21.4. The standard InChI is InChI=1S/C33H46N6O4.C20H28BF3N2O3.C19H27IN4O3/c1-6-23-9-10-38(19-23)30(40)34-26-8-7-22(2)27(17-26)24-15-28(37-11-13-42-14-12-37)35-29(16-24)39-20-25-18-33(25,21-39)36-31(41)43-32(3,4)5;1-13-6-7-15(10-16(13)21-28-18(2,3)19(4,5)29-21)25-17(27)26-9-8-14(12-26)11-20(22,23)24;1-18(2,3)27-17(25)22-19-10-13(19)11-24(12-19)16-9-14(20)8-15(21-16)23-4-6-26-7-5-23/h7-8,15-17,23,25H,6,9-14,18-21H2,1-5H3,(H,34,40)(H,36,41);6-7,10,14H,8-9,11-12H2,1-5H3,(H,25,27);8-9,13H,4-7,10-12H2,1-3H3,(H,22,25)/t23-,25?,33?;14-;/m10./s1. The molecule has 4 unspecified atom stereocenters. The molecule has 13 rings (SSSR count). The molecule has 540 valence electrons. The number of urea groups is 2. The molecule has 9 heterocycles. The number of benzene rings is 2. The lowest BCUT2D eigenvalue weighted by Crippen LogP contribution is -2.44. The Bertz CT molecular complexity index is 3590. The number of piperidine rings is 2. The number of pyridine rings is 2. The number of morpholine rings is 2. The minimum atomic E-state index is -4.20. The normalized spacial score (nSPS) is 25.2. The third-order valence-electron chi connectivity index (χ3n) is 20.8. The number of nitrogens with zero attached hydrogens (tertiary/aromatic N) is 8. The Morgan fingerprint density at radius 2 is 1.03 bits per heavy atom. The lowest BCUT2D eigenvalue weighted by molar-refractivity contribution is -0.143. The number of aromatic nitrogens is 2. The van der Waals surface area contributed by atoms with Crippen molar-refractivity contribution in [2.24, 2.45) is 23.7 Å². The summed E-state index contributed by atoms with van der Waals surface area (Å²) in [7, 11) is -0.556. The van der Waals surface area contributed by atoms with Gasteiger partial charge in [-0.05, 0) is 214 Å². The number of amides is 6. The molecule has 6 amide bonds. The van der Waals surface area contributed by atoms with E-state index >= 15 is 0 Å². The lowest BCUT2D eigenvalue weighted by atomic mass is 9.76. The van der Waals surface area contributed by atoms with E-state index in [0.717, 1.165) is 154 Å². The molecule has 7 saturated heterocycles. The largest absolute Gasteiger partial charge is 0.495 e. The second-order valence-corrected chi connectivity index (χ2v) is 32.6. The summed E-state index contributed by atoms with van der Waals surface area (Å²) in [6.45, 7) is 36.9. The van der Waals surface area contributed by atoms with Crippen LogP contribution in [0.25, 0.3) is 11.1 Å². The van der Waals surface area contributed by atoms with E-state index in [-0.39, 0.29) is 35.8 Å². The van der Waals surface area contributed by atoms with Crippen molar-refractivity contribution in [1.82, 2.24) is 30.4 Å². The highest BCUT2D eigenvalue weighted by molar-refractivity contribution is 14.1. The van der Waals surface area contributed by atoms with Crippen LogP contribution in [0.2, 0.25) is 0 Å². The molecule has 4 N–H and O–H groups in total. The Morgan fingerprint density at radius 1 is 0.596 bits per heavy atom. The van der Waals surface area contributed by atoms with Crippen molar-refractivity contribution in [3.63, 3.8) is 0 Å².